The summed E-state index contributed by atoms with van der Waals surface area (Å²) in [7, 11) is 0. The fourth-order valence-electron chi connectivity index (χ4n) is 1.27. The molecule has 0 saturated heterocycles. The van der Waals surface area contributed by atoms with Gasteiger partial charge in [0, 0.05) is 17.5 Å². The maximum atomic E-state index is 13.5. The Morgan fingerprint density at radius 2 is 2.29 bits per heavy atom. The molecule has 0 radical (unpaired) electrons. The third-order valence-electron chi connectivity index (χ3n) is 1.89. The first-order chi connectivity index (χ1) is 6.83. The maximum absolute atomic E-state index is 13.5. The van der Waals surface area contributed by atoms with Gasteiger partial charge in [0.15, 0.2) is 0 Å². The van der Waals surface area contributed by atoms with Crippen LogP contribution in [-0.4, -0.2) is 4.98 Å². The van der Waals surface area contributed by atoms with Gasteiger partial charge in [-0.3, -0.25) is 0 Å². The van der Waals surface area contributed by atoms with Gasteiger partial charge >= 0.3 is 0 Å². The molecule has 0 amide bonds. The van der Waals surface area contributed by atoms with Crippen molar-refractivity contribution in [3.05, 3.63) is 41.2 Å². The van der Waals surface area contributed by atoms with Crippen LogP contribution >= 0.6 is 22.9 Å². The number of aromatic nitrogens is 1. The van der Waals surface area contributed by atoms with E-state index < -0.39 is 0 Å². The minimum absolute atomic E-state index is 0.266. The lowest BCUT2D eigenvalue weighted by atomic mass is 10.1. The average molecular weight is 228 g/mol. The highest BCUT2D eigenvalue weighted by molar-refractivity contribution is 7.13. The Balaban J connectivity index is 2.61. The number of nitrogens with zero attached hydrogens (tertiary/aromatic N) is 1. The predicted molar refractivity (Wildman–Crippen MR) is 57.1 cm³/mol. The summed E-state index contributed by atoms with van der Waals surface area (Å²) in [6.45, 7) is 0. The van der Waals surface area contributed by atoms with Gasteiger partial charge in [0.1, 0.15) is 10.8 Å². The molecule has 1 nitrogen and oxygen atoms in total. The number of alkyl halides is 1. The number of halogens is 2. The minimum atomic E-state index is -0.266. The molecule has 72 valence electrons. The standard InChI is InChI=1S/C10H7ClFNS/c11-6-7-2-1-3-8(12)9(7)10-13-4-5-14-10/h1-5H,6H2. The van der Waals surface area contributed by atoms with E-state index in [1.54, 1.807) is 12.3 Å². The van der Waals surface area contributed by atoms with E-state index in [0.717, 1.165) is 5.56 Å². The quantitative estimate of drug-likeness (QED) is 0.713. The summed E-state index contributed by atoms with van der Waals surface area (Å²) in [5.41, 5.74) is 1.30. The van der Waals surface area contributed by atoms with E-state index in [0.29, 0.717) is 16.5 Å². The Morgan fingerprint density at radius 3 is 2.93 bits per heavy atom. The number of thiazole rings is 1. The lowest BCUT2D eigenvalue weighted by molar-refractivity contribution is 0.630. The smallest absolute Gasteiger partial charge is 0.133 e. The van der Waals surface area contributed by atoms with Crippen LogP contribution in [-0.2, 0) is 5.88 Å². The van der Waals surface area contributed by atoms with Crippen LogP contribution in [0.1, 0.15) is 5.56 Å². The molecule has 0 unspecified atom stereocenters. The zero-order valence-electron chi connectivity index (χ0n) is 7.21. The highest BCUT2D eigenvalue weighted by Gasteiger charge is 2.11. The van der Waals surface area contributed by atoms with Crippen molar-refractivity contribution in [3.63, 3.8) is 0 Å². The van der Waals surface area contributed by atoms with Crippen LogP contribution < -0.4 is 0 Å². The number of rotatable bonds is 2. The van der Waals surface area contributed by atoms with Crippen LogP contribution in [0.5, 0.6) is 0 Å². The summed E-state index contributed by atoms with van der Waals surface area (Å²) in [5.74, 6) is 0.0326. The van der Waals surface area contributed by atoms with Crippen molar-refractivity contribution in [1.82, 2.24) is 4.98 Å². The van der Waals surface area contributed by atoms with E-state index in [4.69, 9.17) is 11.6 Å². The van der Waals surface area contributed by atoms with E-state index in [1.807, 2.05) is 11.4 Å². The number of hydrogen-bond donors (Lipinski definition) is 0. The molecule has 2 aromatic rings. The van der Waals surface area contributed by atoms with Crippen molar-refractivity contribution in [2.75, 3.05) is 0 Å². The second-order valence-corrected chi connectivity index (χ2v) is 3.91. The van der Waals surface area contributed by atoms with Crippen molar-refractivity contribution in [1.29, 1.82) is 0 Å². The lowest BCUT2D eigenvalue weighted by Crippen LogP contribution is -1.90. The number of benzene rings is 1. The third kappa shape index (κ3) is 1.65. The number of hydrogen-bond acceptors (Lipinski definition) is 2. The molecule has 0 saturated carbocycles. The van der Waals surface area contributed by atoms with Crippen molar-refractivity contribution in [2.24, 2.45) is 0 Å². The molecule has 0 bridgehead atoms. The van der Waals surface area contributed by atoms with E-state index in [2.05, 4.69) is 4.98 Å². The molecule has 0 aliphatic heterocycles. The predicted octanol–water partition coefficient (Wildman–Crippen LogP) is 3.69. The van der Waals surface area contributed by atoms with Gasteiger partial charge in [-0.25, -0.2) is 9.37 Å². The van der Waals surface area contributed by atoms with Crippen molar-refractivity contribution in [3.8, 4) is 10.6 Å². The van der Waals surface area contributed by atoms with Gasteiger partial charge < -0.3 is 0 Å². The fourth-order valence-corrected chi connectivity index (χ4v) is 2.21. The largest absolute Gasteiger partial charge is 0.244 e. The minimum Gasteiger partial charge on any atom is -0.244 e. The van der Waals surface area contributed by atoms with Crippen LogP contribution in [0.3, 0.4) is 0 Å². The summed E-state index contributed by atoms with van der Waals surface area (Å²) < 4.78 is 13.5. The third-order valence-corrected chi connectivity index (χ3v) is 2.97. The highest BCUT2D eigenvalue weighted by Crippen LogP contribution is 2.29. The summed E-state index contributed by atoms with van der Waals surface area (Å²) in [4.78, 5) is 4.08. The Labute approximate surface area is 90.2 Å². The van der Waals surface area contributed by atoms with Crippen molar-refractivity contribution < 1.29 is 4.39 Å². The second kappa shape index (κ2) is 4.07. The van der Waals surface area contributed by atoms with E-state index in [1.165, 1.54) is 17.4 Å². The van der Waals surface area contributed by atoms with Gasteiger partial charge in [-0.05, 0) is 11.6 Å². The van der Waals surface area contributed by atoms with Crippen LogP contribution in [0.2, 0.25) is 0 Å². The summed E-state index contributed by atoms with van der Waals surface area (Å²) in [6, 6.07) is 4.89. The molecule has 0 aliphatic carbocycles. The molecule has 1 aromatic carbocycles. The van der Waals surface area contributed by atoms with E-state index >= 15 is 0 Å². The summed E-state index contributed by atoms with van der Waals surface area (Å²) >= 11 is 7.14. The molecular weight excluding hydrogens is 221 g/mol. The van der Waals surface area contributed by atoms with Gasteiger partial charge in [0.05, 0.1) is 5.56 Å². The topological polar surface area (TPSA) is 12.9 Å². The zero-order valence-corrected chi connectivity index (χ0v) is 8.78. The van der Waals surface area contributed by atoms with E-state index in [9.17, 15) is 4.39 Å². The molecule has 0 spiro atoms. The molecule has 0 atom stereocenters. The van der Waals surface area contributed by atoms with Crippen LogP contribution in [0.4, 0.5) is 4.39 Å². The Morgan fingerprint density at radius 1 is 1.43 bits per heavy atom. The Kier molecular flexibility index (Phi) is 2.79. The monoisotopic (exact) mass is 227 g/mol. The first-order valence-corrected chi connectivity index (χ1v) is 5.47. The van der Waals surface area contributed by atoms with Crippen molar-refractivity contribution >= 4 is 22.9 Å². The molecule has 0 aliphatic rings. The zero-order chi connectivity index (χ0) is 9.97. The van der Waals surface area contributed by atoms with Crippen LogP contribution in [0.15, 0.2) is 29.8 Å². The first-order valence-electron chi connectivity index (χ1n) is 4.06. The normalized spacial score (nSPS) is 10.4. The summed E-state index contributed by atoms with van der Waals surface area (Å²) in [6.07, 6.45) is 1.66. The Hall–Kier alpha value is -0.930. The van der Waals surface area contributed by atoms with Gasteiger partial charge in [0.2, 0.25) is 0 Å². The first kappa shape index (κ1) is 9.62. The maximum Gasteiger partial charge on any atom is 0.133 e. The fraction of sp³-hybridized carbons (Fsp3) is 0.100. The molecule has 0 N–H and O–H groups in total. The molecule has 2 rings (SSSR count). The van der Waals surface area contributed by atoms with Gasteiger partial charge in [-0.1, -0.05) is 12.1 Å². The highest BCUT2D eigenvalue weighted by atomic mass is 35.5. The van der Waals surface area contributed by atoms with Gasteiger partial charge in [0.25, 0.3) is 0 Å². The Bertz CT molecular complexity index is 428. The SMILES string of the molecule is Fc1cccc(CCl)c1-c1nccs1. The molecule has 4 heteroatoms. The van der Waals surface area contributed by atoms with Crippen LogP contribution in [0.25, 0.3) is 10.6 Å². The molecule has 1 heterocycles. The van der Waals surface area contributed by atoms with Crippen LogP contribution in [0, 0.1) is 5.82 Å². The second-order valence-electron chi connectivity index (χ2n) is 2.74. The van der Waals surface area contributed by atoms with Crippen molar-refractivity contribution in [2.45, 2.75) is 5.88 Å². The molecular formula is C10H7ClFNS. The molecule has 0 fully saturated rings. The van der Waals surface area contributed by atoms with E-state index in [-0.39, 0.29) is 5.82 Å². The average Bonchev–Trinajstić information content (AvgIpc) is 2.70. The molecule has 14 heavy (non-hydrogen) atoms. The lowest BCUT2D eigenvalue weighted by Gasteiger charge is -2.04. The van der Waals surface area contributed by atoms with Gasteiger partial charge in [-0.2, -0.15) is 0 Å². The molecule has 1 aromatic heterocycles. The summed E-state index contributed by atoms with van der Waals surface area (Å²) in [5, 5.41) is 2.50. The van der Waals surface area contributed by atoms with Gasteiger partial charge in [-0.15, -0.1) is 22.9 Å².